The highest BCUT2D eigenvalue weighted by Gasteiger charge is 2.29. The number of rotatable bonds is 8. The van der Waals surface area contributed by atoms with E-state index in [4.69, 9.17) is 9.84 Å². The van der Waals surface area contributed by atoms with Crippen LogP contribution in [-0.4, -0.2) is 41.8 Å². The minimum Gasteiger partial charge on any atom is -0.480 e. The lowest BCUT2D eigenvalue weighted by Gasteiger charge is -2.19. The van der Waals surface area contributed by atoms with Crippen LogP contribution in [0.2, 0.25) is 0 Å². The average Bonchev–Trinajstić information content (AvgIpc) is 3.05. The molecule has 0 fully saturated rings. The number of hydrogen-bond acceptors (Lipinski definition) is 4. The van der Waals surface area contributed by atoms with Crippen LogP contribution in [0.15, 0.2) is 48.5 Å². The zero-order valence-electron chi connectivity index (χ0n) is 17.1. The zero-order valence-corrected chi connectivity index (χ0v) is 17.1. The maximum atomic E-state index is 12.3. The molecule has 3 rings (SSSR count). The first-order valence-electron chi connectivity index (χ1n) is 10.1. The van der Waals surface area contributed by atoms with Crippen LogP contribution in [0.1, 0.15) is 43.7 Å². The van der Waals surface area contributed by atoms with Gasteiger partial charge in [-0.2, -0.15) is 0 Å². The molecule has 30 heavy (non-hydrogen) atoms. The molecular formula is C23H26N2O5. The first-order valence-corrected chi connectivity index (χ1v) is 10.1. The lowest BCUT2D eigenvalue weighted by Crippen LogP contribution is -2.50. The topological polar surface area (TPSA) is 105 Å². The maximum absolute atomic E-state index is 12.3. The summed E-state index contributed by atoms with van der Waals surface area (Å²) in [5.41, 5.74) is 4.46. The van der Waals surface area contributed by atoms with Crippen LogP contribution in [0.3, 0.4) is 0 Å². The van der Waals surface area contributed by atoms with Crippen molar-refractivity contribution in [3.63, 3.8) is 0 Å². The van der Waals surface area contributed by atoms with Crippen LogP contribution in [0, 0.1) is 0 Å². The number of carboxylic acid groups (broad SMARTS) is 1. The third-order valence-electron chi connectivity index (χ3n) is 5.26. The normalized spacial score (nSPS) is 14.2. The average molecular weight is 410 g/mol. The second-order valence-electron chi connectivity index (χ2n) is 7.38. The van der Waals surface area contributed by atoms with E-state index in [0.717, 1.165) is 22.3 Å². The fourth-order valence-electron chi connectivity index (χ4n) is 3.73. The van der Waals surface area contributed by atoms with E-state index in [0.29, 0.717) is 12.8 Å². The SMILES string of the molecule is CCC[C@@H](NC(=O)[C@H](C)NC(=O)OCC1c2ccccc2-c2ccccc21)C(=O)O. The largest absolute Gasteiger partial charge is 0.480 e. The number of carbonyl (C=O) groups is 3. The van der Waals surface area contributed by atoms with E-state index in [-0.39, 0.29) is 12.5 Å². The number of hydrogen-bond donors (Lipinski definition) is 3. The fourth-order valence-corrected chi connectivity index (χ4v) is 3.73. The van der Waals surface area contributed by atoms with Crippen LogP contribution in [0.4, 0.5) is 4.79 Å². The summed E-state index contributed by atoms with van der Waals surface area (Å²) in [6, 6.07) is 14.1. The number of amides is 2. The molecule has 0 aliphatic heterocycles. The Balaban J connectivity index is 1.58. The van der Waals surface area contributed by atoms with Gasteiger partial charge in [-0.15, -0.1) is 0 Å². The van der Waals surface area contributed by atoms with Crippen molar-refractivity contribution in [2.45, 2.75) is 44.7 Å². The Hall–Kier alpha value is -3.35. The van der Waals surface area contributed by atoms with Gasteiger partial charge in [0.05, 0.1) is 0 Å². The molecular weight excluding hydrogens is 384 g/mol. The van der Waals surface area contributed by atoms with E-state index in [1.54, 1.807) is 0 Å². The van der Waals surface area contributed by atoms with E-state index in [2.05, 4.69) is 22.8 Å². The Kier molecular flexibility index (Phi) is 6.72. The summed E-state index contributed by atoms with van der Waals surface area (Å²) in [7, 11) is 0. The number of nitrogens with one attached hydrogen (secondary N) is 2. The van der Waals surface area contributed by atoms with Crippen LogP contribution in [0.5, 0.6) is 0 Å². The predicted octanol–water partition coefficient (Wildman–Crippen LogP) is 3.28. The molecule has 0 bridgehead atoms. The van der Waals surface area contributed by atoms with Gasteiger partial charge in [-0.1, -0.05) is 61.9 Å². The summed E-state index contributed by atoms with van der Waals surface area (Å²) in [5, 5.41) is 14.1. The molecule has 7 nitrogen and oxygen atoms in total. The molecule has 0 aromatic heterocycles. The van der Waals surface area contributed by atoms with E-state index in [1.807, 2.05) is 43.3 Å². The van der Waals surface area contributed by atoms with Gasteiger partial charge in [0.2, 0.25) is 5.91 Å². The summed E-state index contributed by atoms with van der Waals surface area (Å²) in [6.07, 6.45) is 0.214. The molecule has 0 heterocycles. The van der Waals surface area contributed by atoms with Gasteiger partial charge < -0.3 is 20.5 Å². The fraction of sp³-hybridized carbons (Fsp3) is 0.348. The molecule has 1 aliphatic rings. The molecule has 0 unspecified atom stereocenters. The molecule has 2 aromatic carbocycles. The molecule has 1 aliphatic carbocycles. The van der Waals surface area contributed by atoms with Crippen molar-refractivity contribution in [2.75, 3.05) is 6.61 Å². The number of aliphatic carboxylic acids is 1. The predicted molar refractivity (Wildman–Crippen MR) is 112 cm³/mol. The first kappa shape index (κ1) is 21.4. The third-order valence-corrected chi connectivity index (χ3v) is 5.26. The van der Waals surface area contributed by atoms with Gasteiger partial charge in [0.1, 0.15) is 18.7 Å². The maximum Gasteiger partial charge on any atom is 0.407 e. The van der Waals surface area contributed by atoms with Crippen molar-refractivity contribution in [1.29, 1.82) is 0 Å². The smallest absolute Gasteiger partial charge is 0.407 e. The van der Waals surface area contributed by atoms with E-state index >= 15 is 0 Å². The van der Waals surface area contributed by atoms with Crippen LogP contribution >= 0.6 is 0 Å². The number of fused-ring (bicyclic) bond motifs is 3. The van der Waals surface area contributed by atoms with Gasteiger partial charge in [-0.25, -0.2) is 9.59 Å². The molecule has 0 saturated carbocycles. The molecule has 0 radical (unpaired) electrons. The highest BCUT2D eigenvalue weighted by molar-refractivity contribution is 5.89. The standard InChI is InChI=1S/C23H26N2O5/c1-3-8-20(22(27)28)25-21(26)14(2)24-23(29)30-13-19-17-11-6-4-9-15(17)16-10-5-7-12-18(16)19/h4-7,9-12,14,19-20H,3,8,13H2,1-2H3,(H,24,29)(H,25,26)(H,27,28)/t14-,20+/m0/s1. The van der Waals surface area contributed by atoms with E-state index in [9.17, 15) is 14.4 Å². The van der Waals surface area contributed by atoms with Gasteiger partial charge in [-0.3, -0.25) is 4.79 Å². The Morgan fingerprint density at radius 3 is 2.10 bits per heavy atom. The second kappa shape index (κ2) is 9.43. The van der Waals surface area contributed by atoms with Crippen LogP contribution in [0.25, 0.3) is 11.1 Å². The highest BCUT2D eigenvalue weighted by atomic mass is 16.5. The van der Waals surface area contributed by atoms with Crippen LogP contribution in [-0.2, 0) is 14.3 Å². The summed E-state index contributed by atoms with van der Waals surface area (Å²) in [4.78, 5) is 35.7. The van der Waals surface area contributed by atoms with Crippen molar-refractivity contribution in [3.8, 4) is 11.1 Å². The summed E-state index contributed by atoms with van der Waals surface area (Å²) in [5.74, 6) is -1.74. The second-order valence-corrected chi connectivity index (χ2v) is 7.38. The van der Waals surface area contributed by atoms with Crippen molar-refractivity contribution < 1.29 is 24.2 Å². The van der Waals surface area contributed by atoms with E-state index in [1.165, 1.54) is 6.92 Å². The molecule has 0 saturated heterocycles. The number of carbonyl (C=O) groups excluding carboxylic acids is 2. The molecule has 158 valence electrons. The Morgan fingerprint density at radius 2 is 1.57 bits per heavy atom. The Morgan fingerprint density at radius 1 is 1.00 bits per heavy atom. The monoisotopic (exact) mass is 410 g/mol. The number of alkyl carbamates (subject to hydrolysis) is 1. The van der Waals surface area contributed by atoms with Gasteiger partial charge in [0, 0.05) is 5.92 Å². The van der Waals surface area contributed by atoms with Gasteiger partial charge >= 0.3 is 12.1 Å². The Bertz CT molecular complexity index is 897. The minimum absolute atomic E-state index is 0.0757. The third kappa shape index (κ3) is 4.62. The number of ether oxygens (including phenoxy) is 1. The number of benzene rings is 2. The molecule has 7 heteroatoms. The van der Waals surface area contributed by atoms with Gasteiger partial charge in [0.15, 0.2) is 0 Å². The van der Waals surface area contributed by atoms with Crippen molar-refractivity contribution >= 4 is 18.0 Å². The van der Waals surface area contributed by atoms with Gasteiger partial charge in [0.25, 0.3) is 0 Å². The highest BCUT2D eigenvalue weighted by Crippen LogP contribution is 2.44. The molecule has 0 spiro atoms. The molecule has 3 N–H and O–H groups in total. The van der Waals surface area contributed by atoms with Crippen molar-refractivity contribution in [3.05, 3.63) is 59.7 Å². The lowest BCUT2D eigenvalue weighted by molar-refractivity contribution is -0.142. The number of carboxylic acids is 1. The molecule has 2 aromatic rings. The van der Waals surface area contributed by atoms with E-state index < -0.39 is 30.1 Å². The minimum atomic E-state index is -1.10. The summed E-state index contributed by atoms with van der Waals surface area (Å²) in [6.45, 7) is 3.46. The lowest BCUT2D eigenvalue weighted by atomic mass is 9.98. The molecule has 2 amide bonds. The van der Waals surface area contributed by atoms with Crippen molar-refractivity contribution in [1.82, 2.24) is 10.6 Å². The zero-order chi connectivity index (χ0) is 21.7. The first-order chi connectivity index (χ1) is 14.4. The summed E-state index contributed by atoms with van der Waals surface area (Å²) < 4.78 is 5.41. The van der Waals surface area contributed by atoms with Crippen LogP contribution < -0.4 is 10.6 Å². The molecule has 2 atom stereocenters. The van der Waals surface area contributed by atoms with Crippen molar-refractivity contribution in [2.24, 2.45) is 0 Å². The summed E-state index contributed by atoms with van der Waals surface area (Å²) >= 11 is 0. The van der Waals surface area contributed by atoms with Gasteiger partial charge in [-0.05, 0) is 35.6 Å². The Labute approximate surface area is 175 Å². The quantitative estimate of drug-likeness (QED) is 0.619.